The fourth-order valence-electron chi connectivity index (χ4n) is 19.6. The molecule has 0 saturated heterocycles. The molecule has 0 aliphatic heterocycles. The molecule has 0 spiro atoms. The average molecular weight is 1610 g/mol. The molecule has 0 aliphatic carbocycles. The van der Waals surface area contributed by atoms with Crippen molar-refractivity contribution in [3.8, 4) is 124 Å². The summed E-state index contributed by atoms with van der Waals surface area (Å²) in [6.07, 6.45) is 0. The molecular formula is C114H68N10O2. The molecule has 26 rings (SSSR count). The molecule has 0 aliphatic rings. The van der Waals surface area contributed by atoms with Crippen LogP contribution in [-0.2, 0) is 0 Å². The van der Waals surface area contributed by atoms with Gasteiger partial charge in [-0.15, -0.1) is 0 Å². The first kappa shape index (κ1) is 70.6. The molecule has 0 bridgehead atoms. The molecule has 8 heterocycles. The first-order valence-electron chi connectivity index (χ1n) is 42.5. The van der Waals surface area contributed by atoms with Gasteiger partial charge < -0.3 is 27.1 Å². The van der Waals surface area contributed by atoms with E-state index in [0.29, 0.717) is 34.9 Å². The Hall–Kier alpha value is -17.2. The summed E-state index contributed by atoms with van der Waals surface area (Å²) in [5.41, 5.74) is 27.3. The molecule has 0 saturated carbocycles. The van der Waals surface area contributed by atoms with Crippen LogP contribution in [0.4, 0.5) is 0 Å². The smallest absolute Gasteiger partial charge is 0.164 e. The standard InChI is InChI=1S/C114H68N10O2/c1-6-28-70(29-7-1)109-116-112(76-36-26-34-73(66-76)69-52-55-80(56-53-69)123-95-50-24-19-45-89(95)103-99(123)64-60-83-82-58-62-97-101(105(82)125-107(83)103)87-43-17-22-48-93(87)121(97)78-38-12-4-13-39-78)118-113(117-109)77-37-27-35-74(67-77)75-54-57-86(114-119-110(71-30-8-2-9-31-71)115-111(120-114)72-32-10-3-11-33-72)91(68-75)81-42-16-21-47-92(81)124-96-51-25-20-46-90(96)104-100(124)65-61-85-84-59-63-98-102(106(84)126-108(85)104)88-44-18-23-49-94(88)122(98)79-40-14-5-15-41-79/h1-68H. The van der Waals surface area contributed by atoms with Crippen molar-refractivity contribution in [3.63, 3.8) is 0 Å². The Balaban J connectivity index is 0.594. The van der Waals surface area contributed by atoms with Crippen LogP contribution in [0.1, 0.15) is 0 Å². The highest BCUT2D eigenvalue weighted by Crippen LogP contribution is 2.50. The summed E-state index contributed by atoms with van der Waals surface area (Å²) in [6, 6.07) is 146. The van der Waals surface area contributed by atoms with E-state index in [9.17, 15) is 0 Å². The number of hydrogen-bond donors (Lipinski definition) is 0. The molecule has 12 heteroatoms. The van der Waals surface area contributed by atoms with Crippen molar-refractivity contribution in [2.45, 2.75) is 0 Å². The van der Waals surface area contributed by atoms with Crippen molar-refractivity contribution < 1.29 is 8.83 Å². The van der Waals surface area contributed by atoms with Gasteiger partial charge in [0.25, 0.3) is 0 Å². The zero-order valence-electron chi connectivity index (χ0n) is 67.5. The lowest BCUT2D eigenvalue weighted by molar-refractivity contribution is 0.676. The van der Waals surface area contributed by atoms with E-state index >= 15 is 0 Å². The zero-order chi connectivity index (χ0) is 82.6. The maximum atomic E-state index is 7.47. The lowest BCUT2D eigenvalue weighted by atomic mass is 9.92. The average Bonchev–Trinajstić information content (AvgIpc) is 1.54. The van der Waals surface area contributed by atoms with Crippen LogP contribution < -0.4 is 0 Å². The van der Waals surface area contributed by atoms with E-state index in [1.165, 1.54) is 0 Å². The number of furan rings is 2. The van der Waals surface area contributed by atoms with Crippen molar-refractivity contribution >= 4 is 131 Å². The summed E-state index contributed by atoms with van der Waals surface area (Å²) in [5.74, 6) is 3.31. The number of para-hydroxylation sites is 7. The van der Waals surface area contributed by atoms with Crippen LogP contribution in [-0.4, -0.2) is 48.2 Å². The van der Waals surface area contributed by atoms with Crippen molar-refractivity contribution in [1.82, 2.24) is 48.2 Å². The van der Waals surface area contributed by atoms with E-state index in [1.54, 1.807) is 0 Å². The summed E-state index contributed by atoms with van der Waals surface area (Å²) >= 11 is 0. The van der Waals surface area contributed by atoms with Crippen molar-refractivity contribution in [2.24, 2.45) is 0 Å². The van der Waals surface area contributed by atoms with Crippen LogP contribution in [0.15, 0.2) is 421 Å². The van der Waals surface area contributed by atoms with Crippen LogP contribution in [0.5, 0.6) is 0 Å². The molecule has 18 aromatic carbocycles. The third kappa shape index (κ3) is 11.1. The summed E-state index contributed by atoms with van der Waals surface area (Å²) in [5, 5.41) is 13.1. The van der Waals surface area contributed by atoms with Gasteiger partial charge in [-0.05, 0) is 167 Å². The molecule has 26 aromatic rings. The normalized spacial score (nSPS) is 12.0. The summed E-state index contributed by atoms with van der Waals surface area (Å²) in [6.45, 7) is 0. The molecular weight excluding hydrogens is 1540 g/mol. The number of hydrogen-bond acceptors (Lipinski definition) is 8. The molecule has 0 unspecified atom stereocenters. The predicted molar refractivity (Wildman–Crippen MR) is 514 cm³/mol. The lowest BCUT2D eigenvalue weighted by Gasteiger charge is -2.18. The maximum absolute atomic E-state index is 7.47. The van der Waals surface area contributed by atoms with E-state index < -0.39 is 0 Å². The largest absolute Gasteiger partial charge is 0.455 e. The van der Waals surface area contributed by atoms with Gasteiger partial charge in [0.1, 0.15) is 22.3 Å². The van der Waals surface area contributed by atoms with E-state index in [2.05, 4.69) is 376 Å². The Labute approximate surface area is 720 Å². The number of benzene rings is 18. The van der Waals surface area contributed by atoms with Gasteiger partial charge in [-0.2, -0.15) is 0 Å². The van der Waals surface area contributed by atoms with E-state index in [-0.39, 0.29) is 0 Å². The van der Waals surface area contributed by atoms with Crippen LogP contribution in [0.3, 0.4) is 0 Å². The van der Waals surface area contributed by atoms with Crippen LogP contribution in [0.2, 0.25) is 0 Å². The van der Waals surface area contributed by atoms with Gasteiger partial charge in [-0.3, -0.25) is 0 Å². The first-order chi connectivity index (χ1) is 62.5. The molecule has 0 fully saturated rings. The third-order valence-electron chi connectivity index (χ3n) is 25.3. The Kier molecular flexibility index (Phi) is 15.8. The van der Waals surface area contributed by atoms with Crippen LogP contribution in [0.25, 0.3) is 256 Å². The summed E-state index contributed by atoms with van der Waals surface area (Å²) < 4.78 is 24.2. The Bertz CT molecular complexity index is 8900. The van der Waals surface area contributed by atoms with E-state index in [4.69, 9.17) is 38.7 Å². The Morgan fingerprint density at radius 2 is 0.452 bits per heavy atom. The predicted octanol–water partition coefficient (Wildman–Crippen LogP) is 29.2. The van der Waals surface area contributed by atoms with Crippen LogP contribution >= 0.6 is 0 Å². The van der Waals surface area contributed by atoms with Crippen molar-refractivity contribution in [1.29, 1.82) is 0 Å². The topological polar surface area (TPSA) is 123 Å². The van der Waals surface area contributed by atoms with Crippen molar-refractivity contribution in [2.75, 3.05) is 0 Å². The SMILES string of the molecule is c1ccc(-c2nc(-c3cccc(-c4ccc(-n5c6ccccc6c6c7oc8c(ccc9c8c8ccccc8n9-c8ccccc8)c7ccc65)cc4)c3)nc(-c3cccc(-c4ccc(-c5nc(-c6ccccc6)nc(-c6ccccc6)n5)c(-c5ccccc5-n5c6ccccc6c6c7oc8c(ccc9c8c8ccccc8n9-c8ccccc8)c7ccc65)c4)c3)n2)cc1. The third-order valence-corrected chi connectivity index (χ3v) is 25.3. The van der Waals surface area contributed by atoms with Gasteiger partial charge in [0, 0.05) is 99.1 Å². The molecule has 8 aromatic heterocycles. The van der Waals surface area contributed by atoms with E-state index in [1.807, 2.05) is 54.6 Å². The molecule has 0 amide bonds. The monoisotopic (exact) mass is 1610 g/mol. The molecule has 126 heavy (non-hydrogen) atoms. The molecule has 12 nitrogen and oxygen atoms in total. The quantitative estimate of drug-likeness (QED) is 0.112. The Morgan fingerprint density at radius 1 is 0.159 bits per heavy atom. The highest BCUT2D eigenvalue weighted by Gasteiger charge is 2.29. The van der Waals surface area contributed by atoms with Gasteiger partial charge in [-0.25, -0.2) is 29.9 Å². The van der Waals surface area contributed by atoms with Gasteiger partial charge in [0.2, 0.25) is 0 Å². The number of fused-ring (bicyclic) bond motifs is 22. The minimum atomic E-state index is 0.530. The molecule has 0 N–H and O–H groups in total. The van der Waals surface area contributed by atoms with Gasteiger partial charge >= 0.3 is 0 Å². The van der Waals surface area contributed by atoms with E-state index in [0.717, 1.165) is 221 Å². The second-order valence-electron chi connectivity index (χ2n) is 32.3. The van der Waals surface area contributed by atoms with Gasteiger partial charge in [0.05, 0.1) is 71.4 Å². The van der Waals surface area contributed by atoms with Gasteiger partial charge in [-0.1, -0.05) is 273 Å². The summed E-state index contributed by atoms with van der Waals surface area (Å²) in [7, 11) is 0. The van der Waals surface area contributed by atoms with Crippen molar-refractivity contribution in [3.05, 3.63) is 413 Å². The maximum Gasteiger partial charge on any atom is 0.164 e. The highest BCUT2D eigenvalue weighted by atomic mass is 16.3. The highest BCUT2D eigenvalue weighted by molar-refractivity contribution is 6.31. The zero-order valence-corrected chi connectivity index (χ0v) is 67.5. The van der Waals surface area contributed by atoms with Crippen LogP contribution in [0, 0.1) is 0 Å². The second-order valence-corrected chi connectivity index (χ2v) is 32.3. The lowest BCUT2D eigenvalue weighted by Crippen LogP contribution is -2.02. The molecule has 0 radical (unpaired) electrons. The second kappa shape index (κ2) is 28.2. The Morgan fingerprint density at radius 3 is 0.865 bits per heavy atom. The first-order valence-corrected chi connectivity index (χ1v) is 42.5. The number of aromatic nitrogens is 10. The molecule has 586 valence electrons. The number of rotatable bonds is 13. The molecule has 0 atom stereocenters. The summed E-state index contributed by atoms with van der Waals surface area (Å²) in [4.78, 5) is 32.1. The fourth-order valence-corrected chi connectivity index (χ4v) is 19.6. The van der Waals surface area contributed by atoms with Gasteiger partial charge in [0.15, 0.2) is 34.9 Å². The minimum Gasteiger partial charge on any atom is -0.455 e. The number of nitrogens with zero attached hydrogens (tertiary/aromatic N) is 10. The minimum absolute atomic E-state index is 0.530. The fraction of sp³-hybridized carbons (Fsp3) is 0.